The van der Waals surface area contributed by atoms with E-state index < -0.39 is 19.8 Å². The summed E-state index contributed by atoms with van der Waals surface area (Å²) in [4.78, 5) is 26.0. The highest BCUT2D eigenvalue weighted by Crippen LogP contribution is 2.39. The Kier molecular flexibility index (Phi) is 9.56. The third-order valence-electron chi connectivity index (χ3n) is 5.87. The molecule has 1 aliphatic rings. The van der Waals surface area contributed by atoms with Crippen LogP contribution in [0.25, 0.3) is 11.4 Å². The molecule has 2 aromatic heterocycles. The first kappa shape index (κ1) is 28.6. The summed E-state index contributed by atoms with van der Waals surface area (Å²) in [5.41, 5.74) is 1.12. The maximum atomic E-state index is 12.0. The summed E-state index contributed by atoms with van der Waals surface area (Å²) < 4.78 is 14.4. The van der Waals surface area contributed by atoms with Gasteiger partial charge in [0.2, 0.25) is 5.95 Å². The Hall–Kier alpha value is -1.98. The molecule has 0 aromatic carbocycles. The molecule has 1 saturated carbocycles. The van der Waals surface area contributed by atoms with Crippen LogP contribution < -0.4 is 10.6 Å². The number of anilines is 1. The summed E-state index contributed by atoms with van der Waals surface area (Å²) >= 11 is 3.68. The molecule has 9 nitrogen and oxygen atoms in total. The molecular weight excluding hydrogens is 540 g/mol. The Bertz CT molecular complexity index is 1030. The molecule has 1 aliphatic carbocycles. The van der Waals surface area contributed by atoms with E-state index in [9.17, 15) is 4.79 Å². The molecule has 36 heavy (non-hydrogen) atoms. The number of halogens is 1. The van der Waals surface area contributed by atoms with Crippen molar-refractivity contribution < 1.29 is 14.3 Å². The Morgan fingerprint density at radius 2 is 2.00 bits per heavy atom. The van der Waals surface area contributed by atoms with Gasteiger partial charge in [0.25, 0.3) is 0 Å². The third kappa shape index (κ3) is 8.55. The molecular formula is C25H41BrN6O3Si. The smallest absolute Gasteiger partial charge is 0.407 e. The zero-order valence-corrected chi connectivity index (χ0v) is 25.2. The number of nitrogens with one attached hydrogen (secondary N) is 2. The average Bonchev–Trinajstić information content (AvgIpc) is 3.02. The molecule has 1 fully saturated rings. The van der Waals surface area contributed by atoms with Crippen LogP contribution in [-0.4, -0.2) is 58.5 Å². The van der Waals surface area contributed by atoms with E-state index in [1.165, 1.54) is 6.42 Å². The van der Waals surface area contributed by atoms with Crippen molar-refractivity contribution in [1.82, 2.24) is 24.8 Å². The molecule has 2 N–H and O–H groups in total. The summed E-state index contributed by atoms with van der Waals surface area (Å²) in [6.45, 7) is 16.1. The largest absolute Gasteiger partial charge is 0.444 e. The van der Waals surface area contributed by atoms with E-state index in [2.05, 4.69) is 55.8 Å². The Morgan fingerprint density at radius 1 is 1.28 bits per heavy atom. The second-order valence-electron chi connectivity index (χ2n) is 11.7. The monoisotopic (exact) mass is 580 g/mol. The number of hydrogen-bond donors (Lipinski definition) is 2. The van der Waals surface area contributed by atoms with Crippen molar-refractivity contribution in [1.29, 1.82) is 0 Å². The van der Waals surface area contributed by atoms with Crippen LogP contribution in [0.5, 0.6) is 0 Å². The van der Waals surface area contributed by atoms with E-state index in [-0.39, 0.29) is 6.04 Å². The summed E-state index contributed by atoms with van der Waals surface area (Å²) in [6, 6.07) is 2.83. The number of carbonyl (C=O) groups is 1. The number of amides is 1. The first-order valence-corrected chi connectivity index (χ1v) is 17.2. The van der Waals surface area contributed by atoms with Crippen LogP contribution >= 0.6 is 15.9 Å². The summed E-state index contributed by atoms with van der Waals surface area (Å²) in [6.07, 6.45) is 4.82. The van der Waals surface area contributed by atoms with Crippen molar-refractivity contribution in [3.63, 3.8) is 0 Å². The van der Waals surface area contributed by atoms with Crippen molar-refractivity contribution in [2.75, 3.05) is 18.5 Å². The number of ether oxygens (including phenoxy) is 2. The van der Waals surface area contributed by atoms with Crippen molar-refractivity contribution >= 4 is 36.0 Å². The zero-order chi connectivity index (χ0) is 26.5. The second kappa shape index (κ2) is 12.0. The Labute approximate surface area is 224 Å². The van der Waals surface area contributed by atoms with Gasteiger partial charge in [-0.2, -0.15) is 0 Å². The number of hydrogen-bond acceptors (Lipinski definition) is 7. The zero-order valence-electron chi connectivity index (χ0n) is 22.7. The molecule has 0 saturated heterocycles. The molecule has 0 unspecified atom stereocenters. The molecule has 200 valence electrons. The van der Waals surface area contributed by atoms with Gasteiger partial charge in [-0.3, -0.25) is 0 Å². The van der Waals surface area contributed by atoms with Crippen LogP contribution in [0.1, 0.15) is 58.7 Å². The van der Waals surface area contributed by atoms with E-state index in [4.69, 9.17) is 19.4 Å². The molecule has 2 aromatic rings. The molecule has 3 rings (SSSR count). The van der Waals surface area contributed by atoms with Gasteiger partial charge in [-0.05, 0) is 68.6 Å². The number of aromatic nitrogens is 4. The minimum atomic E-state index is -1.17. The lowest BCUT2D eigenvalue weighted by atomic mass is 9.85. The van der Waals surface area contributed by atoms with Crippen LogP contribution in [0.4, 0.5) is 10.7 Å². The molecule has 0 aliphatic heterocycles. The highest BCUT2D eigenvalue weighted by atomic mass is 79.9. The molecule has 0 bridgehead atoms. The lowest BCUT2D eigenvalue weighted by Crippen LogP contribution is -2.41. The summed E-state index contributed by atoms with van der Waals surface area (Å²) in [7, 11) is -1.17. The fraction of sp³-hybridized carbons (Fsp3) is 0.680. The van der Waals surface area contributed by atoms with Gasteiger partial charge >= 0.3 is 6.09 Å². The first-order valence-electron chi connectivity index (χ1n) is 12.7. The number of rotatable bonds is 11. The molecule has 0 radical (unpaired) electrons. The topological polar surface area (TPSA) is 103 Å². The quantitative estimate of drug-likeness (QED) is 0.248. The Balaban J connectivity index is 1.72. The van der Waals surface area contributed by atoms with Gasteiger partial charge in [0.15, 0.2) is 0 Å². The van der Waals surface area contributed by atoms with Gasteiger partial charge in [-0.15, -0.1) is 0 Å². The van der Waals surface area contributed by atoms with E-state index in [0.29, 0.717) is 25.1 Å². The highest BCUT2D eigenvalue weighted by molar-refractivity contribution is 9.10. The predicted molar refractivity (Wildman–Crippen MR) is 149 cm³/mol. The maximum absolute atomic E-state index is 12.0. The summed E-state index contributed by atoms with van der Waals surface area (Å²) in [5, 5.41) is 6.04. The van der Waals surface area contributed by atoms with Crippen molar-refractivity contribution in [2.24, 2.45) is 0 Å². The van der Waals surface area contributed by atoms with E-state index in [1.807, 2.05) is 33.8 Å². The minimum Gasteiger partial charge on any atom is -0.444 e. The molecule has 0 spiro atoms. The van der Waals surface area contributed by atoms with Gasteiger partial charge in [0.1, 0.15) is 28.5 Å². The van der Waals surface area contributed by atoms with Crippen molar-refractivity contribution in [3.05, 3.63) is 22.7 Å². The fourth-order valence-electron chi connectivity index (χ4n) is 3.71. The van der Waals surface area contributed by atoms with Crippen LogP contribution in [0.3, 0.4) is 0 Å². The van der Waals surface area contributed by atoms with E-state index in [0.717, 1.165) is 47.3 Å². The van der Waals surface area contributed by atoms with Crippen LogP contribution in [0.2, 0.25) is 25.7 Å². The van der Waals surface area contributed by atoms with E-state index in [1.54, 1.807) is 6.20 Å². The number of nitrogens with zero attached hydrogens (tertiary/aromatic N) is 4. The van der Waals surface area contributed by atoms with Crippen molar-refractivity contribution in [2.45, 2.75) is 96.9 Å². The second-order valence-corrected chi connectivity index (χ2v) is 18.1. The van der Waals surface area contributed by atoms with Gasteiger partial charge in [0, 0.05) is 39.4 Å². The Morgan fingerprint density at radius 3 is 2.61 bits per heavy atom. The minimum absolute atomic E-state index is 0.172. The SMILES string of the molecule is C[C@@H](CNc1nccc(-c2c(Br)nc(C3CCC3)n2COCC[Si](C)(C)C)n1)NC(=O)OC(C)(C)C. The molecule has 11 heteroatoms. The predicted octanol–water partition coefficient (Wildman–Crippen LogP) is 6.01. The van der Waals surface area contributed by atoms with Gasteiger partial charge in [0.05, 0.1) is 5.69 Å². The third-order valence-corrected chi connectivity index (χ3v) is 8.13. The van der Waals surface area contributed by atoms with Gasteiger partial charge < -0.3 is 24.7 Å². The van der Waals surface area contributed by atoms with Gasteiger partial charge in [-0.25, -0.2) is 19.7 Å². The average molecular weight is 582 g/mol. The number of carbonyl (C=O) groups excluding carboxylic acids is 1. The van der Waals surface area contributed by atoms with Crippen LogP contribution in [0, 0.1) is 0 Å². The van der Waals surface area contributed by atoms with E-state index >= 15 is 0 Å². The summed E-state index contributed by atoms with van der Waals surface area (Å²) in [5.74, 6) is 1.99. The van der Waals surface area contributed by atoms with Crippen LogP contribution in [-0.2, 0) is 16.2 Å². The normalized spacial score (nSPS) is 15.3. The molecule has 1 atom stereocenters. The maximum Gasteiger partial charge on any atom is 0.407 e. The highest BCUT2D eigenvalue weighted by Gasteiger charge is 2.29. The first-order chi connectivity index (χ1) is 16.8. The number of alkyl carbamates (subject to hydrolysis) is 1. The lowest BCUT2D eigenvalue weighted by Gasteiger charge is -2.26. The lowest BCUT2D eigenvalue weighted by molar-refractivity contribution is 0.0511. The molecule has 2 heterocycles. The van der Waals surface area contributed by atoms with Gasteiger partial charge in [-0.1, -0.05) is 26.1 Å². The van der Waals surface area contributed by atoms with Crippen molar-refractivity contribution in [3.8, 4) is 11.4 Å². The fourth-order valence-corrected chi connectivity index (χ4v) is 5.06. The molecule has 1 amide bonds. The number of imidazole rings is 1. The van der Waals surface area contributed by atoms with Crippen LogP contribution in [0.15, 0.2) is 16.9 Å². The standard InChI is InChI=1S/C25H41BrN6O3Si/c1-17(29-24(33)35-25(2,3)4)15-28-23-27-12-11-19(30-23)20-21(26)31-22(18-9-8-10-18)32(20)16-34-13-14-36(5,6)7/h11-12,17-18H,8-10,13-16H2,1-7H3,(H,29,33)(H,27,28,30)/t17-/m0/s1.